The summed E-state index contributed by atoms with van der Waals surface area (Å²) in [4.78, 5) is 29.0. The zero-order valence-electron chi connectivity index (χ0n) is 21.0. The molecule has 1 unspecified atom stereocenters. The highest BCUT2D eigenvalue weighted by atomic mass is 35.5. The van der Waals surface area contributed by atoms with Gasteiger partial charge in [-0.15, -0.1) is 0 Å². The van der Waals surface area contributed by atoms with Gasteiger partial charge >= 0.3 is 0 Å². The molecule has 192 valence electrons. The first-order valence-electron chi connectivity index (χ1n) is 12.5. The van der Waals surface area contributed by atoms with Crippen LogP contribution in [0, 0.1) is 11.7 Å². The number of rotatable bonds is 7. The molecule has 1 amide bonds. The van der Waals surface area contributed by atoms with Gasteiger partial charge < -0.3 is 9.88 Å². The molecule has 0 spiro atoms. The number of fused-ring (bicyclic) bond motifs is 1. The number of carbonyl (C=O) groups excluding carboxylic acids is 1. The lowest BCUT2D eigenvalue weighted by molar-refractivity contribution is 0.0950. The number of pyridine rings is 2. The molecule has 38 heavy (non-hydrogen) atoms. The van der Waals surface area contributed by atoms with E-state index in [1.807, 2.05) is 43.3 Å². The molecule has 1 aliphatic carbocycles. The number of hydrogen-bond acceptors (Lipinski definition) is 3. The molecule has 7 heteroatoms. The van der Waals surface area contributed by atoms with Crippen LogP contribution in [0.1, 0.15) is 50.7 Å². The summed E-state index contributed by atoms with van der Waals surface area (Å²) in [5.41, 5.74) is 5.43. The maximum Gasteiger partial charge on any atom is 0.253 e. The second-order valence-electron chi connectivity index (χ2n) is 9.72. The van der Waals surface area contributed by atoms with E-state index in [-0.39, 0.29) is 29.7 Å². The Bertz CT molecular complexity index is 1580. The van der Waals surface area contributed by atoms with Crippen LogP contribution < -0.4 is 10.9 Å². The van der Waals surface area contributed by atoms with Crippen molar-refractivity contribution < 1.29 is 9.18 Å². The lowest BCUT2D eigenvalue weighted by Gasteiger charge is -2.20. The van der Waals surface area contributed by atoms with E-state index in [2.05, 4.69) is 10.3 Å². The molecule has 0 fully saturated rings. The molecule has 0 saturated heterocycles. The average Bonchev–Trinajstić information content (AvgIpc) is 2.90. The van der Waals surface area contributed by atoms with Crippen LogP contribution in [0.25, 0.3) is 5.03 Å². The summed E-state index contributed by atoms with van der Waals surface area (Å²) in [6.45, 7) is 2.60. The summed E-state index contributed by atoms with van der Waals surface area (Å²) in [7, 11) is 0. The van der Waals surface area contributed by atoms with Crippen molar-refractivity contribution in [2.24, 2.45) is 5.92 Å². The first-order valence-corrected chi connectivity index (χ1v) is 12.9. The SMILES string of the molecule is CC1C=C(Cl)c2cc(CNC(=O)c3cncc(Cc4ccc(Cn5ccccc5=O)cc4)c3)c(F)cc2C1. The minimum absolute atomic E-state index is 0.0395. The van der Waals surface area contributed by atoms with Gasteiger partial charge in [0.1, 0.15) is 5.82 Å². The van der Waals surface area contributed by atoms with Gasteiger partial charge in [-0.25, -0.2) is 4.39 Å². The second kappa shape index (κ2) is 11.2. The highest BCUT2D eigenvalue weighted by Crippen LogP contribution is 2.33. The van der Waals surface area contributed by atoms with E-state index in [1.165, 1.54) is 12.3 Å². The first-order chi connectivity index (χ1) is 18.4. The van der Waals surface area contributed by atoms with E-state index < -0.39 is 0 Å². The summed E-state index contributed by atoms with van der Waals surface area (Å²) < 4.78 is 16.4. The number of halogens is 2. The topological polar surface area (TPSA) is 64.0 Å². The van der Waals surface area contributed by atoms with Crippen LogP contribution in [0.3, 0.4) is 0 Å². The molecule has 0 saturated carbocycles. The molecule has 2 aromatic heterocycles. The molecule has 1 N–H and O–H groups in total. The summed E-state index contributed by atoms with van der Waals surface area (Å²) in [5, 5.41) is 3.42. The number of aromatic nitrogens is 2. The van der Waals surface area contributed by atoms with E-state index in [0.717, 1.165) is 34.2 Å². The Hall–Kier alpha value is -4.03. The number of nitrogens with zero attached hydrogens (tertiary/aromatic N) is 2. The Morgan fingerprint density at radius 1 is 1.08 bits per heavy atom. The second-order valence-corrected chi connectivity index (χ2v) is 10.1. The van der Waals surface area contributed by atoms with Crippen molar-refractivity contribution in [2.75, 3.05) is 0 Å². The van der Waals surface area contributed by atoms with Gasteiger partial charge in [0.15, 0.2) is 0 Å². The van der Waals surface area contributed by atoms with Crippen molar-refractivity contribution in [3.05, 3.63) is 140 Å². The molecule has 0 aliphatic heterocycles. The average molecular weight is 528 g/mol. The van der Waals surface area contributed by atoms with Gasteiger partial charge in [-0.3, -0.25) is 14.6 Å². The van der Waals surface area contributed by atoms with Crippen LogP contribution in [0.15, 0.2) is 90.1 Å². The standard InChI is InChI=1S/C31H27ClFN3O2/c1-20-10-24-15-29(33)25(14-27(24)28(32)11-20)18-35-31(38)26-13-23(16-34-17-26)12-21-5-7-22(8-6-21)19-36-9-3-2-4-30(36)37/h2-9,11,13-17,20H,10,12,18-19H2,1H3,(H,35,38). The fourth-order valence-electron chi connectivity index (χ4n) is 4.70. The van der Waals surface area contributed by atoms with Crippen LogP contribution in [-0.2, 0) is 25.9 Å². The summed E-state index contributed by atoms with van der Waals surface area (Å²) >= 11 is 6.39. The Morgan fingerprint density at radius 2 is 1.87 bits per heavy atom. The largest absolute Gasteiger partial charge is 0.348 e. The predicted octanol–water partition coefficient (Wildman–Crippen LogP) is 5.72. The number of allylic oxidation sites excluding steroid dienone is 1. The van der Waals surface area contributed by atoms with E-state index in [1.54, 1.807) is 41.2 Å². The summed E-state index contributed by atoms with van der Waals surface area (Å²) in [5.74, 6) is -0.413. The molecule has 0 bridgehead atoms. The van der Waals surface area contributed by atoms with Gasteiger partial charge in [-0.2, -0.15) is 0 Å². The van der Waals surface area contributed by atoms with Gasteiger partial charge in [0.25, 0.3) is 11.5 Å². The molecule has 4 aromatic rings. The summed E-state index contributed by atoms with van der Waals surface area (Å²) in [6.07, 6.45) is 8.31. The van der Waals surface area contributed by atoms with Crippen molar-refractivity contribution in [3.63, 3.8) is 0 Å². The monoisotopic (exact) mass is 527 g/mol. The van der Waals surface area contributed by atoms with Gasteiger partial charge in [-0.05, 0) is 70.8 Å². The van der Waals surface area contributed by atoms with Crippen molar-refractivity contribution in [2.45, 2.75) is 32.9 Å². The van der Waals surface area contributed by atoms with Crippen LogP contribution >= 0.6 is 11.6 Å². The number of nitrogens with one attached hydrogen (secondary N) is 1. The number of benzene rings is 2. The van der Waals surface area contributed by atoms with Gasteiger partial charge in [0.2, 0.25) is 0 Å². The zero-order chi connectivity index (χ0) is 26.6. The smallest absolute Gasteiger partial charge is 0.253 e. The van der Waals surface area contributed by atoms with Crippen molar-refractivity contribution in [1.82, 2.24) is 14.9 Å². The Kier molecular flexibility index (Phi) is 7.52. The van der Waals surface area contributed by atoms with Crippen LogP contribution in [-0.4, -0.2) is 15.5 Å². The van der Waals surface area contributed by atoms with E-state index in [0.29, 0.717) is 29.1 Å². The highest BCUT2D eigenvalue weighted by molar-refractivity contribution is 6.49. The molecule has 0 radical (unpaired) electrons. The molecule has 1 aliphatic rings. The van der Waals surface area contributed by atoms with Gasteiger partial charge in [0.05, 0.1) is 12.1 Å². The van der Waals surface area contributed by atoms with E-state index in [9.17, 15) is 14.0 Å². The first kappa shape index (κ1) is 25.6. The van der Waals surface area contributed by atoms with Crippen LogP contribution in [0.2, 0.25) is 0 Å². The maximum atomic E-state index is 14.7. The lowest BCUT2D eigenvalue weighted by atomic mass is 9.89. The number of hydrogen-bond donors (Lipinski definition) is 1. The Labute approximate surface area is 225 Å². The van der Waals surface area contributed by atoms with Crippen molar-refractivity contribution >= 4 is 22.5 Å². The van der Waals surface area contributed by atoms with E-state index in [4.69, 9.17) is 11.6 Å². The molecular weight excluding hydrogens is 501 g/mol. The Morgan fingerprint density at radius 3 is 2.66 bits per heavy atom. The Balaban J connectivity index is 1.23. The normalized spacial score (nSPS) is 14.5. The fraction of sp³-hybridized carbons (Fsp3) is 0.194. The molecule has 5 rings (SSSR count). The van der Waals surface area contributed by atoms with Gasteiger partial charge in [-0.1, -0.05) is 54.9 Å². The predicted molar refractivity (Wildman–Crippen MR) is 148 cm³/mol. The quantitative estimate of drug-likeness (QED) is 0.334. The fourth-order valence-corrected chi connectivity index (χ4v) is 5.09. The van der Waals surface area contributed by atoms with Gasteiger partial charge in [0, 0.05) is 41.8 Å². The van der Waals surface area contributed by atoms with Crippen molar-refractivity contribution in [3.8, 4) is 0 Å². The molecule has 2 aromatic carbocycles. The van der Waals surface area contributed by atoms with Crippen LogP contribution in [0.5, 0.6) is 0 Å². The van der Waals surface area contributed by atoms with Crippen LogP contribution in [0.4, 0.5) is 4.39 Å². The van der Waals surface area contributed by atoms with E-state index >= 15 is 0 Å². The molecular formula is C31H27ClFN3O2. The number of amides is 1. The third-order valence-corrected chi connectivity index (χ3v) is 7.01. The maximum absolute atomic E-state index is 14.7. The minimum atomic E-state index is -0.352. The summed E-state index contributed by atoms with van der Waals surface area (Å²) in [6, 6.07) is 18.2. The third-order valence-electron chi connectivity index (χ3n) is 6.68. The highest BCUT2D eigenvalue weighted by Gasteiger charge is 2.19. The molecule has 2 heterocycles. The minimum Gasteiger partial charge on any atom is -0.348 e. The third kappa shape index (κ3) is 5.92. The van der Waals surface area contributed by atoms with Crippen molar-refractivity contribution in [1.29, 1.82) is 0 Å². The lowest BCUT2D eigenvalue weighted by Crippen LogP contribution is -2.24. The molecule has 5 nitrogen and oxygen atoms in total. The zero-order valence-corrected chi connectivity index (χ0v) is 21.7. The number of carbonyl (C=O) groups is 1. The molecule has 1 atom stereocenters.